The van der Waals surface area contributed by atoms with E-state index in [1.165, 1.54) is 12.1 Å². The van der Waals surface area contributed by atoms with Crippen LogP contribution in [-0.4, -0.2) is 22.2 Å². The standard InChI is InChI=1S/C21H20F3N3O/c1-2-19-18(14-26-27(19)17-6-4-3-5-7-17)20(28)25-13-12-15-8-10-16(11-9-15)21(22,23)24/h3-11,14H,2,12-13H2,1H3,(H,25,28). The first kappa shape index (κ1) is 19.7. The van der Waals surface area contributed by atoms with Crippen molar-refractivity contribution < 1.29 is 18.0 Å². The van der Waals surface area contributed by atoms with Crippen molar-refractivity contribution in [3.63, 3.8) is 0 Å². The number of halogens is 3. The minimum atomic E-state index is -4.35. The Hall–Kier alpha value is -3.09. The molecule has 0 unspecified atom stereocenters. The number of aromatic nitrogens is 2. The molecule has 3 aromatic rings. The molecule has 28 heavy (non-hydrogen) atoms. The summed E-state index contributed by atoms with van der Waals surface area (Å²) in [5.74, 6) is -0.244. The molecule has 4 nitrogen and oxygen atoms in total. The third kappa shape index (κ3) is 4.42. The lowest BCUT2D eigenvalue weighted by atomic mass is 10.1. The highest BCUT2D eigenvalue weighted by Gasteiger charge is 2.29. The highest BCUT2D eigenvalue weighted by Crippen LogP contribution is 2.29. The second-order valence-corrected chi connectivity index (χ2v) is 6.31. The summed E-state index contributed by atoms with van der Waals surface area (Å²) in [6.07, 6.45) is -1.73. The molecule has 0 atom stereocenters. The number of nitrogens with one attached hydrogen (secondary N) is 1. The van der Waals surface area contributed by atoms with Crippen molar-refractivity contribution in [2.75, 3.05) is 6.54 Å². The van der Waals surface area contributed by atoms with Crippen LogP contribution in [0.15, 0.2) is 60.8 Å². The fraction of sp³-hybridized carbons (Fsp3) is 0.238. The van der Waals surface area contributed by atoms with E-state index in [-0.39, 0.29) is 5.91 Å². The predicted octanol–water partition coefficient (Wildman–Crippen LogP) is 4.43. The molecular weight excluding hydrogens is 367 g/mol. The molecule has 0 bridgehead atoms. The lowest BCUT2D eigenvalue weighted by molar-refractivity contribution is -0.137. The van der Waals surface area contributed by atoms with Gasteiger partial charge in [-0.2, -0.15) is 18.3 Å². The second kappa shape index (κ2) is 8.29. The Bertz CT molecular complexity index is 932. The van der Waals surface area contributed by atoms with Gasteiger partial charge in [0.15, 0.2) is 0 Å². The summed E-state index contributed by atoms with van der Waals surface area (Å²) in [5, 5.41) is 7.14. The Balaban J connectivity index is 1.63. The van der Waals surface area contributed by atoms with E-state index in [9.17, 15) is 18.0 Å². The molecular formula is C21H20F3N3O. The third-order valence-electron chi connectivity index (χ3n) is 4.43. The minimum Gasteiger partial charge on any atom is -0.352 e. The van der Waals surface area contributed by atoms with E-state index in [0.29, 0.717) is 24.9 Å². The van der Waals surface area contributed by atoms with Gasteiger partial charge in [-0.05, 0) is 42.7 Å². The largest absolute Gasteiger partial charge is 0.416 e. The normalized spacial score (nSPS) is 11.4. The van der Waals surface area contributed by atoms with Gasteiger partial charge in [-0.25, -0.2) is 4.68 Å². The summed E-state index contributed by atoms with van der Waals surface area (Å²) in [7, 11) is 0. The summed E-state index contributed by atoms with van der Waals surface area (Å²) < 4.78 is 39.5. The molecule has 0 aliphatic rings. The zero-order chi connectivity index (χ0) is 20.1. The van der Waals surface area contributed by atoms with Crippen molar-refractivity contribution >= 4 is 5.91 Å². The van der Waals surface area contributed by atoms with Gasteiger partial charge in [0.05, 0.1) is 28.7 Å². The van der Waals surface area contributed by atoms with Crippen LogP contribution in [0, 0.1) is 0 Å². The number of carbonyl (C=O) groups is 1. The van der Waals surface area contributed by atoms with Crippen LogP contribution in [-0.2, 0) is 19.0 Å². The average molecular weight is 387 g/mol. The van der Waals surface area contributed by atoms with E-state index >= 15 is 0 Å². The lowest BCUT2D eigenvalue weighted by Crippen LogP contribution is -2.26. The van der Waals surface area contributed by atoms with Crippen LogP contribution < -0.4 is 5.32 Å². The highest BCUT2D eigenvalue weighted by atomic mass is 19.4. The number of benzene rings is 2. The Morgan fingerprint density at radius 1 is 1.07 bits per heavy atom. The highest BCUT2D eigenvalue weighted by molar-refractivity contribution is 5.95. The number of carbonyl (C=O) groups excluding carboxylic acids is 1. The molecule has 1 N–H and O–H groups in total. The van der Waals surface area contributed by atoms with Crippen molar-refractivity contribution in [3.05, 3.63) is 83.2 Å². The number of hydrogen-bond donors (Lipinski definition) is 1. The van der Waals surface area contributed by atoms with Crippen LogP contribution in [0.1, 0.15) is 34.1 Å². The van der Waals surface area contributed by atoms with Crippen molar-refractivity contribution in [1.82, 2.24) is 15.1 Å². The minimum absolute atomic E-state index is 0.244. The average Bonchev–Trinajstić information content (AvgIpc) is 3.12. The van der Waals surface area contributed by atoms with E-state index < -0.39 is 11.7 Å². The molecule has 1 aromatic heterocycles. The summed E-state index contributed by atoms with van der Waals surface area (Å²) in [4.78, 5) is 12.5. The van der Waals surface area contributed by atoms with E-state index in [0.717, 1.165) is 29.1 Å². The Morgan fingerprint density at radius 2 is 1.75 bits per heavy atom. The van der Waals surface area contributed by atoms with Crippen molar-refractivity contribution in [3.8, 4) is 5.69 Å². The first-order valence-electron chi connectivity index (χ1n) is 8.96. The monoisotopic (exact) mass is 387 g/mol. The summed E-state index contributed by atoms with van der Waals surface area (Å²) in [6.45, 7) is 2.28. The smallest absolute Gasteiger partial charge is 0.352 e. The van der Waals surface area contributed by atoms with Gasteiger partial charge >= 0.3 is 6.18 Å². The van der Waals surface area contributed by atoms with Crippen LogP contribution in [0.3, 0.4) is 0 Å². The number of para-hydroxylation sites is 1. The topological polar surface area (TPSA) is 46.9 Å². The van der Waals surface area contributed by atoms with E-state index in [1.54, 1.807) is 10.9 Å². The maximum atomic E-state index is 12.6. The first-order valence-corrected chi connectivity index (χ1v) is 8.96. The quantitative estimate of drug-likeness (QED) is 0.680. The summed E-state index contributed by atoms with van der Waals surface area (Å²) in [5.41, 5.74) is 2.23. The Morgan fingerprint density at radius 3 is 2.36 bits per heavy atom. The molecule has 2 aromatic carbocycles. The van der Waals surface area contributed by atoms with Crippen LogP contribution >= 0.6 is 0 Å². The van der Waals surface area contributed by atoms with Gasteiger partial charge < -0.3 is 5.32 Å². The van der Waals surface area contributed by atoms with E-state index in [4.69, 9.17) is 0 Å². The molecule has 0 spiro atoms. The number of amides is 1. The van der Waals surface area contributed by atoms with Gasteiger partial charge in [0.25, 0.3) is 5.91 Å². The number of alkyl halides is 3. The molecule has 1 heterocycles. The third-order valence-corrected chi connectivity index (χ3v) is 4.43. The molecule has 0 fully saturated rings. The zero-order valence-electron chi connectivity index (χ0n) is 15.3. The Kier molecular flexibility index (Phi) is 5.82. The predicted molar refractivity (Wildman–Crippen MR) is 100 cm³/mol. The molecule has 0 saturated carbocycles. The van der Waals surface area contributed by atoms with Crippen molar-refractivity contribution in [1.29, 1.82) is 0 Å². The van der Waals surface area contributed by atoms with Gasteiger partial charge in [0.1, 0.15) is 0 Å². The molecule has 146 valence electrons. The van der Waals surface area contributed by atoms with Crippen LogP contribution in [0.4, 0.5) is 13.2 Å². The van der Waals surface area contributed by atoms with Gasteiger partial charge in [-0.3, -0.25) is 4.79 Å². The van der Waals surface area contributed by atoms with Gasteiger partial charge in [-0.15, -0.1) is 0 Å². The first-order chi connectivity index (χ1) is 13.4. The Labute approximate surface area is 161 Å². The maximum Gasteiger partial charge on any atom is 0.416 e. The molecule has 7 heteroatoms. The molecule has 0 aliphatic heterocycles. The molecule has 0 saturated heterocycles. The van der Waals surface area contributed by atoms with Gasteiger partial charge in [0, 0.05) is 6.54 Å². The SMILES string of the molecule is CCc1c(C(=O)NCCc2ccc(C(F)(F)F)cc2)cnn1-c1ccccc1. The van der Waals surface area contributed by atoms with Crippen LogP contribution in [0.5, 0.6) is 0 Å². The van der Waals surface area contributed by atoms with Crippen molar-refractivity contribution in [2.45, 2.75) is 25.9 Å². The zero-order valence-corrected chi connectivity index (χ0v) is 15.3. The number of nitrogens with zero attached hydrogens (tertiary/aromatic N) is 2. The molecule has 3 rings (SSSR count). The van der Waals surface area contributed by atoms with Crippen LogP contribution in [0.2, 0.25) is 0 Å². The van der Waals surface area contributed by atoms with Gasteiger partial charge in [0.2, 0.25) is 0 Å². The summed E-state index contributed by atoms with van der Waals surface area (Å²) >= 11 is 0. The molecule has 1 amide bonds. The summed E-state index contributed by atoms with van der Waals surface area (Å²) in [6, 6.07) is 14.5. The van der Waals surface area contributed by atoms with Gasteiger partial charge in [-0.1, -0.05) is 37.3 Å². The lowest BCUT2D eigenvalue weighted by Gasteiger charge is -2.09. The van der Waals surface area contributed by atoms with E-state index in [1.807, 2.05) is 37.3 Å². The van der Waals surface area contributed by atoms with Crippen LogP contribution in [0.25, 0.3) is 5.69 Å². The molecule has 0 aliphatic carbocycles. The number of rotatable bonds is 6. The molecule has 0 radical (unpaired) electrons. The maximum absolute atomic E-state index is 12.6. The van der Waals surface area contributed by atoms with Crippen molar-refractivity contribution in [2.24, 2.45) is 0 Å². The second-order valence-electron chi connectivity index (χ2n) is 6.31. The fourth-order valence-electron chi connectivity index (χ4n) is 2.97. The number of hydrogen-bond acceptors (Lipinski definition) is 2. The van der Waals surface area contributed by atoms with E-state index in [2.05, 4.69) is 10.4 Å². The fourth-order valence-corrected chi connectivity index (χ4v) is 2.97.